The maximum Gasteiger partial charge on any atom is 0.306 e. The van der Waals surface area contributed by atoms with Gasteiger partial charge in [-0.25, -0.2) is 0 Å². The number of aliphatic carboxylic acids is 1. The molecule has 0 aromatic carbocycles. The molecule has 2 aromatic rings. The Kier molecular flexibility index (Phi) is 2.59. The molecule has 2 aromatic heterocycles. The SMILES string of the molecule is O=C(O)[C@@H]1CCc2c(-c3ccncc3)n[nH]c2C1. The smallest absolute Gasteiger partial charge is 0.306 e. The molecule has 5 nitrogen and oxygen atoms in total. The second kappa shape index (κ2) is 4.25. The summed E-state index contributed by atoms with van der Waals surface area (Å²) < 4.78 is 0. The van der Waals surface area contributed by atoms with Crippen LogP contribution in [0.5, 0.6) is 0 Å². The van der Waals surface area contributed by atoms with E-state index < -0.39 is 5.97 Å². The number of rotatable bonds is 2. The van der Waals surface area contributed by atoms with E-state index in [1.165, 1.54) is 0 Å². The molecule has 0 aliphatic heterocycles. The minimum Gasteiger partial charge on any atom is -0.481 e. The molecule has 1 aliphatic carbocycles. The molecular weight excluding hydrogens is 230 g/mol. The number of aromatic amines is 1. The van der Waals surface area contributed by atoms with E-state index in [0.29, 0.717) is 12.8 Å². The standard InChI is InChI=1S/C13H13N3O2/c17-13(18)9-1-2-10-11(7-9)15-16-12(10)8-3-5-14-6-4-8/h3-6,9H,1-2,7H2,(H,15,16)(H,17,18)/t9-/m1/s1. The van der Waals surface area contributed by atoms with E-state index in [9.17, 15) is 4.79 Å². The van der Waals surface area contributed by atoms with E-state index in [-0.39, 0.29) is 5.92 Å². The monoisotopic (exact) mass is 243 g/mol. The number of fused-ring (bicyclic) bond motifs is 1. The van der Waals surface area contributed by atoms with Gasteiger partial charge in [-0.05, 0) is 25.0 Å². The van der Waals surface area contributed by atoms with Gasteiger partial charge >= 0.3 is 5.97 Å². The zero-order chi connectivity index (χ0) is 12.5. The molecule has 0 bridgehead atoms. The van der Waals surface area contributed by atoms with Crippen molar-refractivity contribution in [1.29, 1.82) is 0 Å². The van der Waals surface area contributed by atoms with Crippen LogP contribution in [0.15, 0.2) is 24.5 Å². The van der Waals surface area contributed by atoms with Crippen LogP contribution in [0.2, 0.25) is 0 Å². The molecule has 0 amide bonds. The molecule has 1 aliphatic rings. The van der Waals surface area contributed by atoms with Gasteiger partial charge in [0.05, 0.1) is 11.6 Å². The Balaban J connectivity index is 1.96. The molecule has 18 heavy (non-hydrogen) atoms. The van der Waals surface area contributed by atoms with Crippen molar-refractivity contribution in [2.75, 3.05) is 0 Å². The van der Waals surface area contributed by atoms with Crippen LogP contribution in [-0.2, 0) is 17.6 Å². The summed E-state index contributed by atoms with van der Waals surface area (Å²) in [7, 11) is 0. The third-order valence-electron chi connectivity index (χ3n) is 3.45. The molecule has 5 heteroatoms. The second-order valence-corrected chi connectivity index (χ2v) is 4.54. The summed E-state index contributed by atoms with van der Waals surface area (Å²) in [6.45, 7) is 0. The number of aromatic nitrogens is 3. The van der Waals surface area contributed by atoms with Crippen LogP contribution in [0.25, 0.3) is 11.3 Å². The van der Waals surface area contributed by atoms with Gasteiger partial charge in [0, 0.05) is 35.6 Å². The Morgan fingerprint density at radius 1 is 1.39 bits per heavy atom. The number of hydrogen-bond donors (Lipinski definition) is 2. The summed E-state index contributed by atoms with van der Waals surface area (Å²) in [4.78, 5) is 15.0. The molecular formula is C13H13N3O2. The van der Waals surface area contributed by atoms with E-state index in [1.54, 1.807) is 12.4 Å². The highest BCUT2D eigenvalue weighted by Crippen LogP contribution is 2.31. The first-order valence-corrected chi connectivity index (χ1v) is 5.95. The maximum absolute atomic E-state index is 11.0. The summed E-state index contributed by atoms with van der Waals surface area (Å²) in [6.07, 6.45) is 5.46. The average Bonchev–Trinajstić information content (AvgIpc) is 2.82. The summed E-state index contributed by atoms with van der Waals surface area (Å²) >= 11 is 0. The number of pyridine rings is 1. The van der Waals surface area contributed by atoms with Gasteiger partial charge in [-0.2, -0.15) is 5.10 Å². The van der Waals surface area contributed by atoms with Gasteiger partial charge < -0.3 is 5.11 Å². The van der Waals surface area contributed by atoms with Crippen molar-refractivity contribution >= 4 is 5.97 Å². The topological polar surface area (TPSA) is 78.9 Å². The lowest BCUT2D eigenvalue weighted by Crippen LogP contribution is -2.22. The van der Waals surface area contributed by atoms with Crippen LogP contribution in [-0.4, -0.2) is 26.3 Å². The molecule has 2 N–H and O–H groups in total. The van der Waals surface area contributed by atoms with Gasteiger partial charge in [0.25, 0.3) is 0 Å². The van der Waals surface area contributed by atoms with Crippen molar-refractivity contribution in [2.45, 2.75) is 19.3 Å². The number of hydrogen-bond acceptors (Lipinski definition) is 3. The van der Waals surface area contributed by atoms with Crippen molar-refractivity contribution in [3.8, 4) is 11.3 Å². The van der Waals surface area contributed by atoms with Gasteiger partial charge in [-0.1, -0.05) is 0 Å². The van der Waals surface area contributed by atoms with E-state index in [1.807, 2.05) is 12.1 Å². The first-order chi connectivity index (χ1) is 8.75. The number of H-pyrrole nitrogens is 1. The van der Waals surface area contributed by atoms with E-state index in [0.717, 1.165) is 28.9 Å². The van der Waals surface area contributed by atoms with Crippen LogP contribution in [0.1, 0.15) is 17.7 Å². The zero-order valence-corrected chi connectivity index (χ0v) is 9.76. The average molecular weight is 243 g/mol. The molecule has 1 atom stereocenters. The fourth-order valence-electron chi connectivity index (χ4n) is 2.47. The summed E-state index contributed by atoms with van der Waals surface area (Å²) in [5.74, 6) is -1.01. The molecule has 0 fully saturated rings. The van der Waals surface area contributed by atoms with Crippen molar-refractivity contribution in [2.24, 2.45) is 5.92 Å². The van der Waals surface area contributed by atoms with Crippen molar-refractivity contribution in [1.82, 2.24) is 15.2 Å². The predicted octanol–water partition coefficient (Wildman–Crippen LogP) is 1.66. The third-order valence-corrected chi connectivity index (χ3v) is 3.45. The normalized spacial score (nSPS) is 18.3. The summed E-state index contributed by atoms with van der Waals surface area (Å²) in [5.41, 5.74) is 4.06. The fourth-order valence-corrected chi connectivity index (χ4v) is 2.47. The first kappa shape index (κ1) is 11.0. The molecule has 0 saturated heterocycles. The second-order valence-electron chi connectivity index (χ2n) is 4.54. The van der Waals surface area contributed by atoms with E-state index >= 15 is 0 Å². The van der Waals surface area contributed by atoms with Gasteiger partial charge in [-0.15, -0.1) is 0 Å². The summed E-state index contributed by atoms with van der Waals surface area (Å²) in [6, 6.07) is 3.83. The van der Waals surface area contributed by atoms with Crippen molar-refractivity contribution in [3.05, 3.63) is 35.8 Å². The third kappa shape index (κ3) is 1.77. The molecule has 3 rings (SSSR count). The van der Waals surface area contributed by atoms with Gasteiger partial charge in [0.1, 0.15) is 0 Å². The Morgan fingerprint density at radius 3 is 2.89 bits per heavy atom. The number of nitrogens with zero attached hydrogens (tertiary/aromatic N) is 2. The molecule has 92 valence electrons. The lowest BCUT2D eigenvalue weighted by Gasteiger charge is -2.18. The molecule has 0 unspecified atom stereocenters. The largest absolute Gasteiger partial charge is 0.481 e. The van der Waals surface area contributed by atoms with Crippen molar-refractivity contribution < 1.29 is 9.90 Å². The van der Waals surface area contributed by atoms with Crippen molar-refractivity contribution in [3.63, 3.8) is 0 Å². The Hall–Kier alpha value is -2.17. The van der Waals surface area contributed by atoms with Gasteiger partial charge in [0.2, 0.25) is 0 Å². The quantitative estimate of drug-likeness (QED) is 0.840. The number of carboxylic acid groups (broad SMARTS) is 1. The molecule has 0 spiro atoms. The molecule has 2 heterocycles. The highest BCUT2D eigenvalue weighted by atomic mass is 16.4. The molecule has 0 saturated carbocycles. The first-order valence-electron chi connectivity index (χ1n) is 5.95. The van der Waals surface area contributed by atoms with Crippen LogP contribution in [0.3, 0.4) is 0 Å². The number of carboxylic acids is 1. The molecule has 0 radical (unpaired) electrons. The van der Waals surface area contributed by atoms with E-state index in [2.05, 4.69) is 15.2 Å². The Labute approximate surface area is 104 Å². The zero-order valence-electron chi connectivity index (χ0n) is 9.76. The van der Waals surface area contributed by atoms with Gasteiger partial charge in [0.15, 0.2) is 0 Å². The maximum atomic E-state index is 11.0. The van der Waals surface area contributed by atoms with Gasteiger partial charge in [-0.3, -0.25) is 14.9 Å². The Morgan fingerprint density at radius 2 is 2.17 bits per heavy atom. The highest BCUT2D eigenvalue weighted by molar-refractivity contribution is 5.72. The van der Waals surface area contributed by atoms with Crippen LogP contribution in [0, 0.1) is 5.92 Å². The van der Waals surface area contributed by atoms with Crippen LogP contribution >= 0.6 is 0 Å². The summed E-state index contributed by atoms with van der Waals surface area (Å²) in [5, 5.41) is 16.3. The van der Waals surface area contributed by atoms with E-state index in [4.69, 9.17) is 5.11 Å². The van der Waals surface area contributed by atoms with Crippen LogP contribution in [0.4, 0.5) is 0 Å². The minimum absolute atomic E-state index is 0.289. The Bertz CT molecular complexity index is 577. The minimum atomic E-state index is -0.722. The lowest BCUT2D eigenvalue weighted by molar-refractivity contribution is -0.142. The number of nitrogens with one attached hydrogen (secondary N) is 1. The number of carbonyl (C=O) groups is 1. The highest BCUT2D eigenvalue weighted by Gasteiger charge is 2.27. The predicted molar refractivity (Wildman–Crippen MR) is 65.0 cm³/mol. The lowest BCUT2D eigenvalue weighted by atomic mass is 9.86. The fraction of sp³-hybridized carbons (Fsp3) is 0.308. The van der Waals surface area contributed by atoms with Crippen LogP contribution < -0.4 is 0 Å².